The smallest absolute Gasteiger partial charge is 0.287 e. The number of hydrogen-bond acceptors (Lipinski definition) is 3. The van der Waals surface area contributed by atoms with Crippen LogP contribution in [0.4, 0.5) is 0 Å². The van der Waals surface area contributed by atoms with Crippen molar-refractivity contribution < 1.29 is 14.3 Å². The van der Waals surface area contributed by atoms with Crippen LogP contribution < -0.4 is 5.32 Å². The average molecular weight is 262 g/mol. The fourth-order valence-electron chi connectivity index (χ4n) is 0.878. The number of aliphatic hydroxyl groups excluding tert-OH is 1. The number of halogens is 1. The lowest BCUT2D eigenvalue weighted by Crippen LogP contribution is -2.31. The largest absolute Gasteiger partial charge is 0.444 e. The van der Waals surface area contributed by atoms with Crippen molar-refractivity contribution in [1.29, 1.82) is 0 Å². The predicted octanol–water partition coefficient (Wildman–Crippen LogP) is 1.54. The monoisotopic (exact) mass is 261 g/mol. The molecule has 0 aliphatic carbocycles. The van der Waals surface area contributed by atoms with Gasteiger partial charge >= 0.3 is 0 Å². The molecule has 2 N–H and O–H groups in total. The number of nitrogens with one attached hydrogen (secondary N) is 1. The van der Waals surface area contributed by atoms with Gasteiger partial charge in [0.2, 0.25) is 0 Å². The number of carbonyl (C=O) groups is 1. The van der Waals surface area contributed by atoms with Gasteiger partial charge in [-0.25, -0.2) is 0 Å². The summed E-state index contributed by atoms with van der Waals surface area (Å²) in [5, 5.41) is 11.8. The standard InChI is InChI=1S/C9H12BrNO3/c1-2-6(12)5-11-9(13)7-3-4-8(10)14-7/h3-4,6,12H,2,5H2,1H3,(H,11,13). The van der Waals surface area contributed by atoms with E-state index in [-0.39, 0.29) is 18.2 Å². The zero-order chi connectivity index (χ0) is 10.6. The fourth-order valence-corrected chi connectivity index (χ4v) is 1.18. The minimum Gasteiger partial charge on any atom is -0.444 e. The highest BCUT2D eigenvalue weighted by Gasteiger charge is 2.10. The molecule has 1 rings (SSSR count). The zero-order valence-corrected chi connectivity index (χ0v) is 9.37. The Morgan fingerprint density at radius 3 is 2.93 bits per heavy atom. The van der Waals surface area contributed by atoms with Crippen LogP contribution in [0.2, 0.25) is 0 Å². The molecule has 0 aliphatic rings. The summed E-state index contributed by atoms with van der Waals surface area (Å²) in [6.07, 6.45) is 0.111. The third kappa shape index (κ3) is 3.16. The van der Waals surface area contributed by atoms with Crippen molar-refractivity contribution in [3.05, 3.63) is 22.6 Å². The van der Waals surface area contributed by atoms with E-state index in [0.717, 1.165) is 0 Å². The van der Waals surface area contributed by atoms with Crippen molar-refractivity contribution in [1.82, 2.24) is 5.32 Å². The summed E-state index contributed by atoms with van der Waals surface area (Å²) >= 11 is 3.10. The first-order chi connectivity index (χ1) is 6.63. The maximum absolute atomic E-state index is 11.3. The molecule has 1 aromatic heterocycles. The number of furan rings is 1. The Hall–Kier alpha value is -0.810. The highest BCUT2D eigenvalue weighted by molar-refractivity contribution is 9.10. The van der Waals surface area contributed by atoms with Crippen LogP contribution in [0.5, 0.6) is 0 Å². The molecule has 4 nitrogen and oxygen atoms in total. The summed E-state index contributed by atoms with van der Waals surface area (Å²) in [6, 6.07) is 3.21. The summed E-state index contributed by atoms with van der Waals surface area (Å²) < 4.78 is 5.55. The maximum atomic E-state index is 11.3. The van der Waals surface area contributed by atoms with E-state index in [9.17, 15) is 9.90 Å². The van der Waals surface area contributed by atoms with Crippen molar-refractivity contribution in [3.63, 3.8) is 0 Å². The first-order valence-corrected chi connectivity index (χ1v) is 5.14. The summed E-state index contributed by atoms with van der Waals surface area (Å²) in [5.41, 5.74) is 0. The molecule has 1 amide bonds. The van der Waals surface area contributed by atoms with Crippen molar-refractivity contribution in [2.45, 2.75) is 19.4 Å². The predicted molar refractivity (Wildman–Crippen MR) is 55.0 cm³/mol. The van der Waals surface area contributed by atoms with Crippen LogP contribution in [-0.4, -0.2) is 23.7 Å². The van der Waals surface area contributed by atoms with Crippen molar-refractivity contribution in [3.8, 4) is 0 Å². The molecule has 5 heteroatoms. The van der Waals surface area contributed by atoms with Crippen LogP contribution in [0, 0.1) is 0 Å². The SMILES string of the molecule is CCC(O)CNC(=O)c1ccc(Br)o1. The van der Waals surface area contributed by atoms with E-state index >= 15 is 0 Å². The molecular formula is C9H12BrNO3. The molecule has 0 bridgehead atoms. The average Bonchev–Trinajstić information content (AvgIpc) is 2.60. The maximum Gasteiger partial charge on any atom is 0.287 e. The first-order valence-electron chi connectivity index (χ1n) is 4.35. The molecule has 0 saturated heterocycles. The lowest BCUT2D eigenvalue weighted by atomic mass is 10.3. The second-order valence-corrected chi connectivity index (χ2v) is 3.66. The van der Waals surface area contributed by atoms with Gasteiger partial charge in [-0.1, -0.05) is 6.92 Å². The van der Waals surface area contributed by atoms with E-state index in [0.29, 0.717) is 11.1 Å². The highest BCUT2D eigenvalue weighted by Crippen LogP contribution is 2.13. The highest BCUT2D eigenvalue weighted by atomic mass is 79.9. The Morgan fingerprint density at radius 2 is 2.43 bits per heavy atom. The van der Waals surface area contributed by atoms with Gasteiger partial charge in [0, 0.05) is 6.54 Å². The van der Waals surface area contributed by atoms with E-state index in [1.54, 1.807) is 12.1 Å². The Kier molecular flexibility index (Phi) is 4.16. The minimum atomic E-state index is -0.502. The van der Waals surface area contributed by atoms with Crippen molar-refractivity contribution >= 4 is 21.8 Å². The molecular weight excluding hydrogens is 250 g/mol. The molecule has 0 radical (unpaired) electrons. The van der Waals surface area contributed by atoms with E-state index in [2.05, 4.69) is 21.2 Å². The van der Waals surface area contributed by atoms with Gasteiger partial charge < -0.3 is 14.8 Å². The van der Waals surface area contributed by atoms with Gasteiger partial charge in [0.1, 0.15) is 0 Å². The summed E-state index contributed by atoms with van der Waals surface area (Å²) in [4.78, 5) is 11.3. The Morgan fingerprint density at radius 1 is 1.71 bits per heavy atom. The molecule has 1 heterocycles. The fraction of sp³-hybridized carbons (Fsp3) is 0.444. The number of rotatable bonds is 4. The Bertz CT molecular complexity index is 311. The minimum absolute atomic E-state index is 0.236. The molecule has 0 saturated carbocycles. The van der Waals surface area contributed by atoms with Crippen LogP contribution in [0.25, 0.3) is 0 Å². The van der Waals surface area contributed by atoms with Crippen LogP contribution in [-0.2, 0) is 0 Å². The van der Waals surface area contributed by atoms with Gasteiger partial charge in [0.05, 0.1) is 6.10 Å². The topological polar surface area (TPSA) is 62.5 Å². The summed E-state index contributed by atoms with van der Waals surface area (Å²) in [7, 11) is 0. The van der Waals surface area contributed by atoms with E-state index < -0.39 is 6.10 Å². The lowest BCUT2D eigenvalue weighted by Gasteiger charge is -2.07. The van der Waals surface area contributed by atoms with Crippen LogP contribution in [0.3, 0.4) is 0 Å². The van der Waals surface area contributed by atoms with E-state index in [4.69, 9.17) is 4.42 Å². The van der Waals surface area contributed by atoms with Gasteiger partial charge in [-0.3, -0.25) is 4.79 Å². The second-order valence-electron chi connectivity index (χ2n) is 2.88. The molecule has 78 valence electrons. The van der Waals surface area contributed by atoms with Gasteiger partial charge in [0.25, 0.3) is 5.91 Å². The van der Waals surface area contributed by atoms with Gasteiger partial charge in [0.15, 0.2) is 10.4 Å². The number of aliphatic hydroxyl groups is 1. The van der Waals surface area contributed by atoms with Crippen molar-refractivity contribution in [2.75, 3.05) is 6.54 Å². The third-order valence-electron chi connectivity index (χ3n) is 1.77. The molecule has 1 atom stereocenters. The van der Waals surface area contributed by atoms with Gasteiger partial charge in [-0.15, -0.1) is 0 Å². The van der Waals surface area contributed by atoms with Crippen LogP contribution in [0.1, 0.15) is 23.9 Å². The lowest BCUT2D eigenvalue weighted by molar-refractivity contribution is 0.0885. The molecule has 1 unspecified atom stereocenters. The molecule has 0 spiro atoms. The molecule has 0 fully saturated rings. The van der Waals surface area contributed by atoms with E-state index in [1.165, 1.54) is 0 Å². The normalized spacial score (nSPS) is 12.5. The van der Waals surface area contributed by atoms with Gasteiger partial charge in [-0.05, 0) is 34.5 Å². The van der Waals surface area contributed by atoms with Crippen LogP contribution >= 0.6 is 15.9 Å². The van der Waals surface area contributed by atoms with Gasteiger partial charge in [-0.2, -0.15) is 0 Å². The molecule has 1 aromatic rings. The van der Waals surface area contributed by atoms with E-state index in [1.807, 2.05) is 6.92 Å². The number of hydrogen-bond donors (Lipinski definition) is 2. The number of amides is 1. The third-order valence-corrected chi connectivity index (χ3v) is 2.19. The molecule has 0 aliphatic heterocycles. The van der Waals surface area contributed by atoms with Crippen LogP contribution in [0.15, 0.2) is 21.2 Å². The second kappa shape index (κ2) is 5.17. The van der Waals surface area contributed by atoms with Crippen molar-refractivity contribution in [2.24, 2.45) is 0 Å². The first kappa shape index (κ1) is 11.3. The quantitative estimate of drug-likeness (QED) is 0.865. The number of carbonyl (C=O) groups excluding carboxylic acids is 1. The summed E-state index contributed by atoms with van der Waals surface area (Å²) in [5.74, 6) is -0.0802. The molecule has 14 heavy (non-hydrogen) atoms. The Labute approximate surface area is 90.4 Å². The summed E-state index contributed by atoms with van der Waals surface area (Å²) in [6.45, 7) is 2.09. The molecule has 0 aromatic carbocycles. The zero-order valence-electron chi connectivity index (χ0n) is 7.79. The Balaban J connectivity index is 2.43.